The number of hydrogen-bond acceptors (Lipinski definition) is 18. The summed E-state index contributed by atoms with van der Waals surface area (Å²) in [6, 6.07) is 42.8. The molecule has 0 saturated carbocycles. The summed E-state index contributed by atoms with van der Waals surface area (Å²) in [7, 11) is 0. The molecule has 0 N–H and O–H groups in total. The number of ether oxygens (including phenoxy) is 14. The third kappa shape index (κ3) is 33.7. The minimum atomic E-state index is 0.266. The summed E-state index contributed by atoms with van der Waals surface area (Å²) in [5, 5.41) is 30.8. The Labute approximate surface area is 837 Å². The normalized spacial score (nSPS) is 11.6. The predicted octanol–water partition coefficient (Wildman–Crippen LogP) is 33.1. The van der Waals surface area contributed by atoms with Crippen LogP contribution in [0.15, 0.2) is 134 Å². The predicted molar refractivity (Wildman–Crippen MR) is 575 cm³/mol. The van der Waals surface area contributed by atoms with Crippen LogP contribution in [0, 0.1) is 0 Å². The largest absolute Gasteiger partial charge is 0.490 e. The third-order valence-electron chi connectivity index (χ3n) is 26.4. The van der Waals surface area contributed by atoms with Gasteiger partial charge in [-0.1, -0.05) is 297 Å². The van der Waals surface area contributed by atoms with E-state index in [1.54, 1.807) is 0 Å². The van der Waals surface area contributed by atoms with Crippen LogP contribution < -0.4 is 66.3 Å². The minimum Gasteiger partial charge on any atom is -0.490 e. The maximum atomic E-state index is 6.90. The molecule has 12 rings (SSSR count). The number of unbranched alkanes of at least 4 members (excludes halogenated alkanes) is 30. The van der Waals surface area contributed by atoms with Crippen molar-refractivity contribution in [1.82, 2.24) is 30.0 Å². The summed E-state index contributed by atoms with van der Waals surface area (Å²) in [5.41, 5.74) is 3.56. The van der Waals surface area contributed by atoms with Gasteiger partial charge in [0.2, 0.25) is 0 Å². The first-order valence-electron chi connectivity index (χ1n) is 55.0. The zero-order valence-electron chi connectivity index (χ0n) is 87.1. The van der Waals surface area contributed by atoms with E-state index in [4.69, 9.17) is 66.3 Å². The highest BCUT2D eigenvalue weighted by Crippen LogP contribution is 2.51. The van der Waals surface area contributed by atoms with Gasteiger partial charge in [0, 0.05) is 25.9 Å². The van der Waals surface area contributed by atoms with Gasteiger partial charge in [-0.3, -0.25) is 9.36 Å². The second-order valence-corrected chi connectivity index (χ2v) is 38.1. The molecule has 2 heterocycles. The summed E-state index contributed by atoms with van der Waals surface area (Å²) in [5.74, 6) is 10.4. The van der Waals surface area contributed by atoms with Crippen LogP contribution in [0.4, 0.5) is 0 Å². The summed E-state index contributed by atoms with van der Waals surface area (Å²) in [6.07, 6.45) is 49.4. The molecule has 0 spiro atoms. The van der Waals surface area contributed by atoms with Crippen molar-refractivity contribution in [3.63, 3.8) is 0 Å². The van der Waals surface area contributed by atoms with E-state index in [0.29, 0.717) is 117 Å². The van der Waals surface area contributed by atoms with Gasteiger partial charge < -0.3 is 66.3 Å². The fraction of sp³-hybridized carbons (Fsp3) is 0.567. The third-order valence-corrected chi connectivity index (χ3v) is 26.4. The summed E-state index contributed by atoms with van der Waals surface area (Å²) in [4.78, 5) is 0. The van der Waals surface area contributed by atoms with Crippen molar-refractivity contribution in [3.05, 3.63) is 145 Å². The zero-order valence-corrected chi connectivity index (χ0v) is 87.1. The van der Waals surface area contributed by atoms with Gasteiger partial charge in [0.15, 0.2) is 69.0 Å². The number of aryl methyl sites for hydroxylation is 2. The maximum Gasteiger partial charge on any atom is 0.161 e. The van der Waals surface area contributed by atoms with Crippen molar-refractivity contribution >= 4 is 64.6 Å². The Kier molecular flexibility index (Phi) is 47.7. The lowest BCUT2D eigenvalue weighted by atomic mass is 9.93. The molecule has 0 aliphatic carbocycles. The lowest BCUT2D eigenvalue weighted by Gasteiger charge is -2.21. The highest BCUT2D eigenvalue weighted by Gasteiger charge is 2.25. The molecule has 0 unspecified atom stereocenters. The van der Waals surface area contributed by atoms with E-state index in [-0.39, 0.29) is 13.2 Å². The number of hydrogen-bond donors (Lipinski definition) is 0. The molecule has 2 aromatic heterocycles. The average molecular weight is 1920 g/mol. The molecule has 20 heteroatoms. The number of benzene rings is 10. The molecule has 0 aliphatic heterocycles. The van der Waals surface area contributed by atoms with E-state index in [9.17, 15) is 0 Å². The Bertz CT molecular complexity index is 5140. The molecular weight excluding hydrogens is 1750 g/mol. The summed E-state index contributed by atoms with van der Waals surface area (Å²) >= 11 is 0. The van der Waals surface area contributed by atoms with E-state index in [1.807, 2.05) is 46.0 Å². The Morgan fingerprint density at radius 2 is 0.336 bits per heavy atom. The van der Waals surface area contributed by atoms with Crippen molar-refractivity contribution in [3.8, 4) is 91.6 Å². The van der Waals surface area contributed by atoms with Crippen molar-refractivity contribution in [1.29, 1.82) is 0 Å². The quantitative estimate of drug-likeness (QED) is 0.0258. The number of aromatic nitrogens is 6. The standard InChI is InChI=1S/C120H168N6O14/c1-11-21-31-41-63-127-109-75-97-99-77-111(129-65-43-33-23-13-3)115(133-69-47-37-27-17-7)81-103(99)107-85-119(117(135-71-49-39-29-19-9)83-105(107)101(97)79-113(109)131-67-45-35-25-15-5)137-73-51-61-125-87-93(121-123-125)89-139-95-57-53-91(54-58-95)92-55-59-96(60-56-92)140-90-94-88-126(124-122-94)62-52-74-138-120-86-108-104-82-116(134-70-48-38-28-18-8)112(130-66-44-34-24-14-4)78-100(104)98-76-110(128-64-42-32-22-12-2)114(132-68-46-36-26-16-6)80-102(98)106(108)84-118(120)136-72-50-40-30-20-10/h53-60,75-88H,11-52,61-74,89-90H2,1-10H3. The van der Waals surface area contributed by atoms with Crippen molar-refractivity contribution in [2.75, 3.05) is 79.3 Å². The van der Waals surface area contributed by atoms with Crippen LogP contribution in [0.5, 0.6) is 80.5 Å². The molecule has 0 radical (unpaired) electrons. The van der Waals surface area contributed by atoms with E-state index in [0.717, 1.165) is 349 Å². The monoisotopic (exact) mass is 1920 g/mol. The molecule has 10 aromatic carbocycles. The summed E-state index contributed by atoms with van der Waals surface area (Å²) < 4.78 is 97.9. The van der Waals surface area contributed by atoms with Gasteiger partial charge >= 0.3 is 0 Å². The number of fused-ring (bicyclic) bond motifs is 12. The van der Waals surface area contributed by atoms with Crippen LogP contribution in [0.1, 0.15) is 350 Å². The fourth-order valence-corrected chi connectivity index (χ4v) is 18.1. The van der Waals surface area contributed by atoms with E-state index in [1.165, 1.54) is 64.2 Å². The zero-order chi connectivity index (χ0) is 97.8. The molecular formula is C120H168N6O14. The van der Waals surface area contributed by atoms with Crippen LogP contribution in [0.2, 0.25) is 0 Å². The summed E-state index contributed by atoms with van der Waals surface area (Å²) in [6.45, 7) is 31.1. The highest BCUT2D eigenvalue weighted by molar-refractivity contribution is 6.28. The SMILES string of the molecule is CCCCCCOc1cc2c3cc(OCCCCCC)c(OCCCCCC)cc3c3cc(OCCCn4cc(COc5ccc(-c6ccc(OCc7cn(CCCOc8cc9c%10cc(OCCCCCC)c(OCCCCCC)cc%10c%10cc(OCCCCCC)c(OCCCCCC)cc%10c9cc8OCCCCCC)nn7)cc6)cc5)nn4)c(OCCCCCC)cc3c2cc1OCCCCCC. The fourth-order valence-electron chi connectivity index (χ4n) is 18.1. The lowest BCUT2D eigenvalue weighted by Crippen LogP contribution is -2.07. The molecule has 762 valence electrons. The molecule has 0 fully saturated rings. The maximum absolute atomic E-state index is 6.90. The smallest absolute Gasteiger partial charge is 0.161 e. The molecule has 0 bridgehead atoms. The van der Waals surface area contributed by atoms with Crippen molar-refractivity contribution < 1.29 is 66.3 Å². The van der Waals surface area contributed by atoms with Gasteiger partial charge in [-0.15, -0.1) is 10.2 Å². The van der Waals surface area contributed by atoms with Crippen LogP contribution >= 0.6 is 0 Å². The minimum absolute atomic E-state index is 0.266. The van der Waals surface area contributed by atoms with Crippen molar-refractivity contribution in [2.45, 2.75) is 365 Å². The Balaban J connectivity index is 0.691. The molecule has 0 atom stereocenters. The lowest BCUT2D eigenvalue weighted by molar-refractivity contribution is 0.256. The molecule has 140 heavy (non-hydrogen) atoms. The molecule has 0 saturated heterocycles. The first-order chi connectivity index (χ1) is 69.1. The molecule has 20 nitrogen and oxygen atoms in total. The van der Waals surface area contributed by atoms with Gasteiger partial charge in [-0.25, -0.2) is 0 Å². The molecule has 0 amide bonds. The Morgan fingerprint density at radius 1 is 0.179 bits per heavy atom. The Hall–Kier alpha value is -10.8. The van der Waals surface area contributed by atoms with Crippen LogP contribution in [-0.4, -0.2) is 109 Å². The molecule has 0 aliphatic rings. The highest BCUT2D eigenvalue weighted by atomic mass is 16.5. The second-order valence-electron chi connectivity index (χ2n) is 38.1. The molecule has 12 aromatic rings. The second kappa shape index (κ2) is 61.8. The van der Waals surface area contributed by atoms with Crippen LogP contribution in [0.25, 0.3) is 75.8 Å². The first kappa shape index (κ1) is 108. The topological polar surface area (TPSA) is 191 Å². The van der Waals surface area contributed by atoms with Crippen LogP contribution in [-0.2, 0) is 26.3 Å². The van der Waals surface area contributed by atoms with Crippen LogP contribution in [0.3, 0.4) is 0 Å². The van der Waals surface area contributed by atoms with Gasteiger partial charge in [0.1, 0.15) is 36.1 Å². The first-order valence-corrected chi connectivity index (χ1v) is 55.0. The van der Waals surface area contributed by atoms with Crippen molar-refractivity contribution in [2.24, 2.45) is 0 Å². The average Bonchev–Trinajstić information content (AvgIpc) is 0.739. The van der Waals surface area contributed by atoms with Gasteiger partial charge in [0.25, 0.3) is 0 Å². The van der Waals surface area contributed by atoms with E-state index < -0.39 is 0 Å². The van der Waals surface area contributed by atoms with Gasteiger partial charge in [0.05, 0.1) is 91.7 Å². The van der Waals surface area contributed by atoms with Gasteiger partial charge in [-0.2, -0.15) is 0 Å². The van der Waals surface area contributed by atoms with E-state index in [2.05, 4.69) is 187 Å². The number of rotatable bonds is 77. The van der Waals surface area contributed by atoms with Gasteiger partial charge in [-0.05, 0) is 237 Å². The van der Waals surface area contributed by atoms with E-state index >= 15 is 0 Å². The Morgan fingerprint density at radius 3 is 0.493 bits per heavy atom. The number of nitrogens with zero attached hydrogens (tertiary/aromatic N) is 6.